The predicted molar refractivity (Wildman–Crippen MR) is 175 cm³/mol. The van der Waals surface area contributed by atoms with Gasteiger partial charge in [0, 0.05) is 38.8 Å². The summed E-state index contributed by atoms with van der Waals surface area (Å²) in [5, 5.41) is 16.8. The lowest BCUT2D eigenvalue weighted by Crippen LogP contribution is -2.43. The van der Waals surface area contributed by atoms with Gasteiger partial charge >= 0.3 is 6.09 Å². The van der Waals surface area contributed by atoms with E-state index in [1.807, 2.05) is 40.1 Å². The molecule has 1 unspecified atom stereocenters. The standard InChI is InChI=1S/C32H49N5O5SSi/c1-32(2,3)42-31(39)36(4)22-9-11-23(12-10-22)41-29-28-27-21(8-13-26(27)43-30(28)34-19-33-29)18-25(38)24-14-15-37(35-24)20-40-16-17-44(5,6)7/h14-15,19,21-23,25,38H,8-13,16-18,20H2,1-7H3/t21-,22?,23?,25?/m1/s1. The topological polar surface area (TPSA) is 112 Å². The van der Waals surface area contributed by atoms with Crippen molar-refractivity contribution in [3.63, 3.8) is 0 Å². The fourth-order valence-corrected chi connectivity index (χ4v) is 8.10. The number of ether oxygens (including phenoxy) is 3. The first kappa shape index (κ1) is 32.8. The summed E-state index contributed by atoms with van der Waals surface area (Å²) in [5.74, 6) is 0.816. The van der Waals surface area contributed by atoms with Gasteiger partial charge in [-0.1, -0.05) is 19.6 Å². The number of carbonyl (C=O) groups excluding carboxylic acids is 1. The number of amides is 1. The monoisotopic (exact) mass is 643 g/mol. The van der Waals surface area contributed by atoms with Crippen molar-refractivity contribution in [1.29, 1.82) is 0 Å². The number of fused-ring (bicyclic) bond motifs is 3. The Hall–Kier alpha value is -2.54. The summed E-state index contributed by atoms with van der Waals surface area (Å²) in [4.78, 5) is 25.7. The van der Waals surface area contributed by atoms with Gasteiger partial charge in [0.25, 0.3) is 0 Å². The predicted octanol–water partition coefficient (Wildman–Crippen LogP) is 6.91. The van der Waals surface area contributed by atoms with Gasteiger partial charge in [0.2, 0.25) is 5.88 Å². The molecule has 2 aliphatic carbocycles. The van der Waals surface area contributed by atoms with E-state index in [2.05, 4.69) is 34.7 Å². The number of hydrogen-bond acceptors (Lipinski definition) is 9. The summed E-state index contributed by atoms with van der Waals surface area (Å²) in [5.41, 5.74) is 1.39. The first-order valence-electron chi connectivity index (χ1n) is 16.0. The van der Waals surface area contributed by atoms with Gasteiger partial charge in [-0.25, -0.2) is 19.4 Å². The molecule has 10 nitrogen and oxygen atoms in total. The van der Waals surface area contributed by atoms with Gasteiger partial charge in [-0.05, 0) is 89.3 Å². The fourth-order valence-electron chi connectivity index (χ4n) is 6.11. The van der Waals surface area contributed by atoms with E-state index in [4.69, 9.17) is 14.2 Å². The minimum Gasteiger partial charge on any atom is -0.474 e. The average molecular weight is 644 g/mol. The van der Waals surface area contributed by atoms with E-state index in [0.29, 0.717) is 24.7 Å². The van der Waals surface area contributed by atoms with E-state index in [1.54, 1.807) is 27.2 Å². The number of aliphatic hydroxyl groups is 1. The van der Waals surface area contributed by atoms with Crippen LogP contribution in [0.25, 0.3) is 10.2 Å². The van der Waals surface area contributed by atoms with Crippen LogP contribution in [-0.4, -0.2) is 75.3 Å². The molecule has 2 atom stereocenters. The zero-order valence-electron chi connectivity index (χ0n) is 27.3. The molecule has 12 heteroatoms. The van der Waals surface area contributed by atoms with Crippen LogP contribution in [0.15, 0.2) is 18.6 Å². The van der Waals surface area contributed by atoms with Crippen molar-refractivity contribution in [3.8, 4) is 5.88 Å². The van der Waals surface area contributed by atoms with Crippen molar-refractivity contribution in [3.05, 3.63) is 34.7 Å². The van der Waals surface area contributed by atoms with Gasteiger partial charge in [-0.2, -0.15) is 5.10 Å². The molecule has 3 aromatic heterocycles. The van der Waals surface area contributed by atoms with Crippen LogP contribution >= 0.6 is 11.3 Å². The second-order valence-electron chi connectivity index (χ2n) is 14.6. The zero-order chi connectivity index (χ0) is 31.6. The SMILES string of the molecule is CN(C(=O)OC(C)(C)C)C1CCC(Oc2ncnc3sc4c(c23)[C@@H](CC(O)c2ccn(COCC[Si](C)(C)C)n2)CC4)CC1. The Bertz CT molecular complexity index is 1420. The molecule has 0 aromatic carbocycles. The van der Waals surface area contributed by atoms with Crippen molar-refractivity contribution in [1.82, 2.24) is 24.6 Å². The maximum Gasteiger partial charge on any atom is 0.410 e. The summed E-state index contributed by atoms with van der Waals surface area (Å²) in [6.45, 7) is 13.8. The number of nitrogens with zero attached hydrogens (tertiary/aromatic N) is 5. The minimum atomic E-state index is -1.14. The van der Waals surface area contributed by atoms with Crippen molar-refractivity contribution in [2.75, 3.05) is 13.7 Å². The van der Waals surface area contributed by atoms with Crippen LogP contribution in [0, 0.1) is 0 Å². The molecule has 0 aliphatic heterocycles. The van der Waals surface area contributed by atoms with Gasteiger partial charge in [0.1, 0.15) is 29.6 Å². The normalized spacial score (nSPS) is 21.3. The molecule has 0 radical (unpaired) electrons. The third-order valence-corrected chi connectivity index (χ3v) is 11.5. The summed E-state index contributed by atoms with van der Waals surface area (Å²) in [7, 11) is 0.689. The second kappa shape index (κ2) is 13.4. The highest BCUT2D eigenvalue weighted by Gasteiger charge is 2.34. The van der Waals surface area contributed by atoms with Crippen molar-refractivity contribution < 1.29 is 24.1 Å². The molecule has 1 amide bonds. The van der Waals surface area contributed by atoms with Gasteiger partial charge in [-0.15, -0.1) is 11.3 Å². The molecule has 0 spiro atoms. The molecule has 1 saturated carbocycles. The highest BCUT2D eigenvalue weighted by atomic mass is 32.1. The molecule has 0 bridgehead atoms. The summed E-state index contributed by atoms with van der Waals surface area (Å²) in [6, 6.07) is 3.14. The molecule has 1 N–H and O–H groups in total. The quantitative estimate of drug-likeness (QED) is 0.177. The number of thiophene rings is 1. The first-order valence-corrected chi connectivity index (χ1v) is 20.5. The molecule has 2 aliphatic rings. The number of hydrogen-bond donors (Lipinski definition) is 1. The Labute approximate surface area is 266 Å². The van der Waals surface area contributed by atoms with Crippen LogP contribution in [0.2, 0.25) is 25.7 Å². The molecule has 0 saturated heterocycles. The number of aromatic nitrogens is 4. The number of rotatable bonds is 11. The molecular weight excluding hydrogens is 595 g/mol. The van der Waals surface area contributed by atoms with Crippen LogP contribution in [0.1, 0.15) is 87.5 Å². The Kier molecular flexibility index (Phi) is 10.0. The maximum atomic E-state index is 12.6. The van der Waals surface area contributed by atoms with E-state index in [-0.39, 0.29) is 24.2 Å². The summed E-state index contributed by atoms with van der Waals surface area (Å²) >= 11 is 1.71. The molecular formula is C32H49N5O5SSi. The van der Waals surface area contributed by atoms with Gasteiger partial charge < -0.3 is 24.2 Å². The molecule has 3 aromatic rings. The number of carbonyl (C=O) groups is 1. The van der Waals surface area contributed by atoms with E-state index in [9.17, 15) is 9.90 Å². The minimum absolute atomic E-state index is 0.0225. The second-order valence-corrected chi connectivity index (χ2v) is 21.3. The smallest absolute Gasteiger partial charge is 0.410 e. The average Bonchev–Trinajstić information content (AvgIpc) is 3.66. The lowest BCUT2D eigenvalue weighted by atomic mass is 9.92. The van der Waals surface area contributed by atoms with Gasteiger partial charge in [0.05, 0.1) is 17.2 Å². The summed E-state index contributed by atoms with van der Waals surface area (Å²) in [6.07, 6.45) is 8.44. The van der Waals surface area contributed by atoms with Crippen LogP contribution in [0.3, 0.4) is 0 Å². The molecule has 242 valence electrons. The zero-order valence-corrected chi connectivity index (χ0v) is 29.2. The third kappa shape index (κ3) is 8.18. The van der Waals surface area contributed by atoms with Crippen LogP contribution in [0.5, 0.6) is 5.88 Å². The fraction of sp³-hybridized carbons (Fsp3) is 0.688. The van der Waals surface area contributed by atoms with Crippen LogP contribution in [0.4, 0.5) is 4.79 Å². The van der Waals surface area contributed by atoms with Crippen molar-refractivity contribution >= 4 is 35.7 Å². The largest absolute Gasteiger partial charge is 0.474 e. The Balaban J connectivity index is 1.21. The van der Waals surface area contributed by atoms with Crippen molar-refractivity contribution in [2.24, 2.45) is 0 Å². The highest BCUT2D eigenvalue weighted by molar-refractivity contribution is 7.19. The van der Waals surface area contributed by atoms with E-state index in [1.165, 1.54) is 10.4 Å². The number of aliphatic hydroxyl groups excluding tert-OH is 1. The molecule has 1 fully saturated rings. The number of aryl methyl sites for hydroxylation is 1. The molecule has 44 heavy (non-hydrogen) atoms. The van der Waals surface area contributed by atoms with Crippen LogP contribution in [-0.2, 0) is 22.6 Å². The van der Waals surface area contributed by atoms with Crippen LogP contribution < -0.4 is 4.74 Å². The third-order valence-electron chi connectivity index (χ3n) is 8.58. The highest BCUT2D eigenvalue weighted by Crippen LogP contribution is 2.49. The Morgan fingerprint density at radius 2 is 1.93 bits per heavy atom. The maximum absolute atomic E-state index is 12.6. The Morgan fingerprint density at radius 1 is 1.18 bits per heavy atom. The molecule has 3 heterocycles. The molecule has 5 rings (SSSR count). The van der Waals surface area contributed by atoms with E-state index >= 15 is 0 Å². The first-order chi connectivity index (χ1) is 20.8. The van der Waals surface area contributed by atoms with E-state index in [0.717, 1.165) is 61.4 Å². The van der Waals surface area contributed by atoms with E-state index < -0.39 is 19.8 Å². The lowest BCUT2D eigenvalue weighted by molar-refractivity contribution is 0.0137. The van der Waals surface area contributed by atoms with Crippen molar-refractivity contribution in [2.45, 2.75) is 128 Å². The van der Waals surface area contributed by atoms with Gasteiger partial charge in [-0.3, -0.25) is 0 Å². The van der Waals surface area contributed by atoms with Gasteiger partial charge in [0.15, 0.2) is 0 Å². The summed E-state index contributed by atoms with van der Waals surface area (Å²) < 4.78 is 19.7. The lowest BCUT2D eigenvalue weighted by Gasteiger charge is -2.35. The Morgan fingerprint density at radius 3 is 2.64 bits per heavy atom.